The molecule has 0 amide bonds. The number of unbranched alkanes of at least 4 members (excludes halogenated alkanes) is 1. The third-order valence-electron chi connectivity index (χ3n) is 6.55. The monoisotopic (exact) mass is 396 g/mol. The summed E-state index contributed by atoms with van der Waals surface area (Å²) in [6.07, 6.45) is 11.4. The Balaban J connectivity index is 1.76. The molecule has 0 aromatic rings. The molecule has 0 heterocycles. The van der Waals surface area contributed by atoms with Gasteiger partial charge in [-0.2, -0.15) is 0 Å². The number of esters is 1. The van der Waals surface area contributed by atoms with Gasteiger partial charge in [0.1, 0.15) is 6.61 Å². The fourth-order valence-electron chi connectivity index (χ4n) is 5.03. The Hall–Kier alpha value is -1.20. The maximum atomic E-state index is 12.3. The van der Waals surface area contributed by atoms with E-state index in [0.29, 0.717) is 36.7 Å². The number of fused-ring (bicyclic) bond motifs is 1. The van der Waals surface area contributed by atoms with Crippen LogP contribution in [0.2, 0.25) is 0 Å². The highest BCUT2D eigenvalue weighted by Gasteiger charge is 2.46. The molecule has 0 spiro atoms. The van der Waals surface area contributed by atoms with Gasteiger partial charge in [0.25, 0.3) is 0 Å². The molecule has 0 bridgehead atoms. The van der Waals surface area contributed by atoms with E-state index in [-0.39, 0.29) is 30.4 Å². The van der Waals surface area contributed by atoms with Crippen molar-refractivity contribution in [1.29, 1.82) is 0 Å². The van der Waals surface area contributed by atoms with Crippen molar-refractivity contribution in [1.82, 2.24) is 0 Å². The molecule has 0 radical (unpaired) electrons. The van der Waals surface area contributed by atoms with Crippen LogP contribution in [0.4, 0.5) is 0 Å². The second-order valence-electron chi connectivity index (χ2n) is 8.84. The van der Waals surface area contributed by atoms with E-state index in [2.05, 4.69) is 18.6 Å². The van der Waals surface area contributed by atoms with Gasteiger partial charge in [0, 0.05) is 18.9 Å². The first-order valence-corrected chi connectivity index (χ1v) is 11.0. The van der Waals surface area contributed by atoms with Gasteiger partial charge < -0.3 is 14.6 Å². The Morgan fingerprint density at radius 1 is 1.32 bits per heavy atom. The molecule has 1 N–H and O–H groups in total. The van der Waals surface area contributed by atoms with Crippen LogP contribution >= 0.6 is 0 Å². The summed E-state index contributed by atoms with van der Waals surface area (Å²) in [5.41, 5.74) is 0. The van der Waals surface area contributed by atoms with Gasteiger partial charge in [-0.25, -0.2) is 4.79 Å². The van der Waals surface area contributed by atoms with Gasteiger partial charge in [-0.3, -0.25) is 4.79 Å². The highest BCUT2D eigenvalue weighted by Crippen LogP contribution is 2.51. The molecule has 6 atom stereocenters. The minimum atomic E-state index is -0.342. The van der Waals surface area contributed by atoms with Crippen LogP contribution in [0.5, 0.6) is 0 Å². The lowest BCUT2D eigenvalue weighted by Crippen LogP contribution is -2.18. The summed E-state index contributed by atoms with van der Waals surface area (Å²) in [5.74, 6) is 1.94. The smallest absolute Gasteiger partial charge is 0.331 e. The molecule has 2 aliphatic rings. The van der Waals surface area contributed by atoms with Crippen LogP contribution in [-0.4, -0.2) is 43.3 Å². The second kappa shape index (κ2) is 11.7. The lowest BCUT2D eigenvalue weighted by molar-refractivity contribution is -0.146. The first kappa shape index (κ1) is 23.1. The Bertz CT molecular complexity index is 529. The van der Waals surface area contributed by atoms with Gasteiger partial charge in [-0.05, 0) is 55.4 Å². The molecule has 0 unspecified atom stereocenters. The summed E-state index contributed by atoms with van der Waals surface area (Å²) < 4.78 is 9.95. The molecule has 2 aliphatic carbocycles. The van der Waals surface area contributed by atoms with Crippen molar-refractivity contribution in [2.45, 2.75) is 71.3 Å². The summed E-state index contributed by atoms with van der Waals surface area (Å²) >= 11 is 0. The number of aliphatic hydroxyl groups excluding tert-OH is 1. The molecular formula is C23H38O5. The zero-order valence-corrected chi connectivity index (χ0v) is 17.8. The highest BCUT2D eigenvalue weighted by molar-refractivity contribution is 5.89. The minimum Gasteiger partial charge on any atom is -0.467 e. The standard InChI is InChI=1S/C23H38O5/c1-4-5-6-16(2)11-19(24)7-8-20-21-13-17(12-18(21)14-22(20)25)9-10-28-15-23(26)27-3/h7-8,16-18,20-22,25H,4-6,9-15H2,1-3H3/b8-7+/t16-,17+,18-,20+,21-,22+/m0/s1/i19+2. The zero-order chi connectivity index (χ0) is 20.5. The molecule has 0 saturated heterocycles. The predicted molar refractivity (Wildman–Crippen MR) is 109 cm³/mol. The normalized spacial score (nSPS) is 30.5. The number of allylic oxidation sites excluding steroid dienone is 1. The zero-order valence-electron chi connectivity index (χ0n) is 17.8. The van der Waals surface area contributed by atoms with Crippen LogP contribution in [0, 0.1) is 29.6 Å². The van der Waals surface area contributed by atoms with Crippen molar-refractivity contribution in [3.05, 3.63) is 12.2 Å². The average Bonchev–Trinajstić information content (AvgIpc) is 3.18. The van der Waals surface area contributed by atoms with Crippen molar-refractivity contribution >= 4 is 11.8 Å². The van der Waals surface area contributed by atoms with Crippen LogP contribution in [0.25, 0.3) is 0 Å². The summed E-state index contributed by atoms with van der Waals surface area (Å²) in [6, 6.07) is 0. The van der Waals surface area contributed by atoms with Crippen molar-refractivity contribution < 1.29 is 24.2 Å². The molecule has 2 fully saturated rings. The van der Waals surface area contributed by atoms with E-state index in [9.17, 15) is 14.7 Å². The first-order valence-electron chi connectivity index (χ1n) is 11.0. The largest absolute Gasteiger partial charge is 0.467 e. The number of hydrogen-bond donors (Lipinski definition) is 1. The van der Waals surface area contributed by atoms with Gasteiger partial charge in [-0.15, -0.1) is 0 Å². The third kappa shape index (κ3) is 7.00. The lowest BCUT2D eigenvalue weighted by atomic mass is 9.90. The molecule has 2 saturated carbocycles. The van der Waals surface area contributed by atoms with E-state index >= 15 is 0 Å². The van der Waals surface area contributed by atoms with Gasteiger partial charge >= 0.3 is 5.97 Å². The number of rotatable bonds is 12. The molecule has 160 valence electrons. The van der Waals surface area contributed by atoms with Crippen molar-refractivity contribution in [3.8, 4) is 0 Å². The second-order valence-corrected chi connectivity index (χ2v) is 8.84. The average molecular weight is 397 g/mol. The van der Waals surface area contributed by atoms with Gasteiger partial charge in [0.05, 0.1) is 13.2 Å². The quantitative estimate of drug-likeness (QED) is 0.307. The Labute approximate surface area is 169 Å². The number of carbonyl (C=O) groups excluding carboxylic acids is 2. The number of ketones is 1. The number of carbonyl (C=O) groups is 2. The van der Waals surface area contributed by atoms with Crippen molar-refractivity contribution in [3.63, 3.8) is 0 Å². The molecule has 0 aliphatic heterocycles. The van der Waals surface area contributed by atoms with E-state index in [1.165, 1.54) is 20.0 Å². The maximum Gasteiger partial charge on any atom is 0.331 e. The van der Waals surface area contributed by atoms with Crippen LogP contribution in [0.15, 0.2) is 12.2 Å². The molecular weight excluding hydrogens is 358 g/mol. The number of ether oxygens (including phenoxy) is 2. The van der Waals surface area contributed by atoms with Crippen LogP contribution in [0.3, 0.4) is 0 Å². The van der Waals surface area contributed by atoms with Crippen molar-refractivity contribution in [2.24, 2.45) is 29.6 Å². The molecule has 5 heteroatoms. The Morgan fingerprint density at radius 3 is 2.82 bits per heavy atom. The van der Waals surface area contributed by atoms with E-state index in [1.54, 1.807) is 6.08 Å². The molecule has 0 aromatic heterocycles. The van der Waals surface area contributed by atoms with E-state index < -0.39 is 0 Å². The number of methoxy groups -OCH3 is 1. The third-order valence-corrected chi connectivity index (χ3v) is 6.55. The van der Waals surface area contributed by atoms with Crippen LogP contribution in [0.1, 0.15) is 65.2 Å². The Kier molecular flexibility index (Phi) is 9.66. The minimum absolute atomic E-state index is 0.0128. The SMILES string of the molecule is CCCC[C@H](C)C[14C](=O)/C=C/[C@@H]1[C@H]2C[C@H](CCOCC(=O)OC)C[C@H]2C[C@H]1O. The van der Waals surface area contributed by atoms with E-state index in [4.69, 9.17) is 4.74 Å². The van der Waals surface area contributed by atoms with Gasteiger partial charge in [0.15, 0.2) is 5.78 Å². The summed E-state index contributed by atoms with van der Waals surface area (Å²) in [7, 11) is 1.36. The lowest BCUT2D eigenvalue weighted by Gasteiger charge is -2.19. The fourth-order valence-corrected chi connectivity index (χ4v) is 5.03. The summed E-state index contributed by atoms with van der Waals surface area (Å²) in [4.78, 5) is 23.3. The number of aliphatic hydroxyl groups is 1. The van der Waals surface area contributed by atoms with Crippen molar-refractivity contribution in [2.75, 3.05) is 20.3 Å². The molecule has 28 heavy (non-hydrogen) atoms. The van der Waals surface area contributed by atoms with E-state index in [1.807, 2.05) is 6.08 Å². The maximum absolute atomic E-state index is 12.3. The topological polar surface area (TPSA) is 72.8 Å². The highest BCUT2D eigenvalue weighted by atomic mass is 16.6. The number of hydrogen-bond acceptors (Lipinski definition) is 5. The van der Waals surface area contributed by atoms with Crippen LogP contribution in [-0.2, 0) is 19.1 Å². The molecule has 5 nitrogen and oxygen atoms in total. The fraction of sp³-hybridized carbons (Fsp3) is 0.826. The first-order chi connectivity index (χ1) is 13.4. The molecule has 0 aromatic carbocycles. The molecule has 2 rings (SSSR count). The van der Waals surface area contributed by atoms with E-state index in [0.717, 1.165) is 32.1 Å². The summed E-state index contributed by atoms with van der Waals surface area (Å²) in [6.45, 7) is 4.90. The van der Waals surface area contributed by atoms with Crippen LogP contribution < -0.4 is 0 Å². The van der Waals surface area contributed by atoms with Gasteiger partial charge in [0.2, 0.25) is 0 Å². The summed E-state index contributed by atoms with van der Waals surface area (Å²) in [5, 5.41) is 10.5. The van der Waals surface area contributed by atoms with Gasteiger partial charge in [-0.1, -0.05) is 39.2 Å². The predicted octanol–water partition coefficient (Wildman–Crippen LogP) is 3.93. The Morgan fingerprint density at radius 2 is 2.11 bits per heavy atom.